The Morgan fingerprint density at radius 1 is 0.953 bits per heavy atom. The fourth-order valence-electron chi connectivity index (χ4n) is 5.02. The Labute approximate surface area is 249 Å². The Morgan fingerprint density at radius 3 is 1.95 bits per heavy atom. The molecule has 0 saturated carbocycles. The van der Waals surface area contributed by atoms with E-state index in [-0.39, 0.29) is 0 Å². The first-order valence-corrected chi connectivity index (χ1v) is 15.4. The van der Waals surface area contributed by atoms with Crippen molar-refractivity contribution in [3.05, 3.63) is 102 Å². The van der Waals surface area contributed by atoms with Gasteiger partial charge in [-0.2, -0.15) is 21.6 Å². The number of halogens is 3. The Hall–Kier alpha value is -3.88. The van der Waals surface area contributed by atoms with Gasteiger partial charge in [-0.25, -0.2) is 8.98 Å². The number of para-hydroxylation sites is 1. The Kier molecular flexibility index (Phi) is 8.29. The van der Waals surface area contributed by atoms with Crippen molar-refractivity contribution in [1.29, 1.82) is 0 Å². The maximum Gasteiger partial charge on any atom is 0.523 e. The van der Waals surface area contributed by atoms with E-state index in [0.29, 0.717) is 16.8 Å². The smallest absolute Gasteiger partial charge is 0.450 e. The highest BCUT2D eigenvalue weighted by Crippen LogP contribution is 2.45. The predicted molar refractivity (Wildman–Crippen MR) is 151 cm³/mol. The summed E-state index contributed by atoms with van der Waals surface area (Å²) in [6.45, 7) is 0.426. The molecule has 0 N–H and O–H groups in total. The van der Waals surface area contributed by atoms with E-state index < -0.39 is 68.8 Å². The van der Waals surface area contributed by atoms with Crippen LogP contribution >= 0.6 is 11.8 Å². The highest BCUT2D eigenvalue weighted by molar-refractivity contribution is 8.00. The monoisotopic (exact) mass is 634 g/mol. The number of carbonyl (C=O) groups is 3. The van der Waals surface area contributed by atoms with Gasteiger partial charge in [0.05, 0.1) is 6.54 Å². The van der Waals surface area contributed by atoms with E-state index in [1.54, 1.807) is 91.0 Å². The summed E-state index contributed by atoms with van der Waals surface area (Å²) in [5, 5.41) is -0.784. The van der Waals surface area contributed by atoms with Crippen molar-refractivity contribution in [3.63, 3.8) is 0 Å². The first kappa shape index (κ1) is 30.6. The summed E-state index contributed by atoms with van der Waals surface area (Å²) in [6, 6.07) is 24.0. The molecule has 5 rings (SSSR count). The fourth-order valence-corrected chi connectivity index (χ4v) is 7.28. The summed E-state index contributed by atoms with van der Waals surface area (Å²) in [6.07, 6.45) is -1.13. The lowest BCUT2D eigenvalue weighted by molar-refractivity contribution is -0.172. The van der Waals surface area contributed by atoms with Crippen LogP contribution in [0.25, 0.3) is 0 Å². The lowest BCUT2D eigenvalue weighted by Gasteiger charge is -2.55. The molecule has 2 amide bonds. The highest BCUT2D eigenvalue weighted by Gasteiger charge is 2.64. The van der Waals surface area contributed by atoms with E-state index in [1.165, 1.54) is 11.8 Å². The van der Waals surface area contributed by atoms with Crippen molar-refractivity contribution in [1.82, 2.24) is 4.90 Å². The van der Waals surface area contributed by atoms with Crippen molar-refractivity contribution in [2.45, 2.75) is 35.6 Å². The molecular weight excluding hydrogens is 609 g/mol. The normalized spacial score (nSPS) is 22.0. The number of nitrogens with zero attached hydrogens (tertiary/aromatic N) is 2. The fraction of sp³-hybridized carbons (Fsp3) is 0.276. The number of ether oxygens (including phenoxy) is 1. The summed E-state index contributed by atoms with van der Waals surface area (Å²) in [7, 11) is -6.30. The lowest BCUT2D eigenvalue weighted by atomic mass is 9.97. The highest BCUT2D eigenvalue weighted by atomic mass is 32.2. The van der Waals surface area contributed by atoms with Crippen LogP contribution in [0.1, 0.15) is 24.2 Å². The molecule has 0 radical (unpaired) electrons. The van der Waals surface area contributed by atoms with Crippen LogP contribution in [0.3, 0.4) is 0 Å². The third-order valence-corrected chi connectivity index (χ3v) is 9.62. The largest absolute Gasteiger partial charge is 0.523 e. The van der Waals surface area contributed by atoms with Crippen LogP contribution in [0.2, 0.25) is 0 Å². The van der Waals surface area contributed by atoms with Crippen LogP contribution < -0.4 is 4.90 Å². The molecule has 2 heterocycles. The van der Waals surface area contributed by atoms with Gasteiger partial charge in [-0.05, 0) is 23.3 Å². The van der Waals surface area contributed by atoms with Gasteiger partial charge < -0.3 is 9.64 Å². The second-order valence-electron chi connectivity index (χ2n) is 9.92. The van der Waals surface area contributed by atoms with Crippen molar-refractivity contribution < 1.29 is 44.9 Å². The zero-order valence-corrected chi connectivity index (χ0v) is 24.1. The average Bonchev–Trinajstić information content (AvgIpc) is 2.98. The van der Waals surface area contributed by atoms with Gasteiger partial charge in [0.2, 0.25) is 17.4 Å². The van der Waals surface area contributed by atoms with E-state index in [2.05, 4.69) is 4.18 Å². The molecule has 226 valence electrons. The standard InChI is InChI=1S/C29H25F3N2O7S2/c1-19(35)34(22-15-9-4-10-16-22)23-25(36)33-17-28(18-42-26(23)33,41-43(38,39)29(30,31)32)27(37)40-24(20-11-5-2-6-12-20)21-13-7-3-8-14-21/h2-16,23-24,26H,17-18H2,1H3/t23?,26-,28?/m1/s1. The maximum absolute atomic E-state index is 13.8. The number of amides is 2. The molecule has 2 fully saturated rings. The van der Waals surface area contributed by atoms with Crippen molar-refractivity contribution in [2.75, 3.05) is 17.2 Å². The molecule has 3 aromatic carbocycles. The molecular formula is C29H25F3N2O7S2. The van der Waals surface area contributed by atoms with E-state index in [9.17, 15) is 36.0 Å². The van der Waals surface area contributed by atoms with E-state index in [1.807, 2.05) is 0 Å². The van der Waals surface area contributed by atoms with Crippen LogP contribution in [-0.4, -0.2) is 65.9 Å². The number of esters is 1. The van der Waals surface area contributed by atoms with Gasteiger partial charge in [0.25, 0.3) is 0 Å². The third kappa shape index (κ3) is 5.86. The van der Waals surface area contributed by atoms with Crippen molar-refractivity contribution >= 4 is 45.4 Å². The number of alkyl halides is 3. The third-order valence-electron chi connectivity index (χ3n) is 7.03. The van der Waals surface area contributed by atoms with Crippen LogP contribution in [0.4, 0.5) is 18.9 Å². The maximum atomic E-state index is 13.8. The molecule has 14 heteroatoms. The summed E-state index contributed by atoms with van der Waals surface area (Å²) >= 11 is 0.824. The second kappa shape index (κ2) is 11.7. The first-order valence-electron chi connectivity index (χ1n) is 12.9. The topological polar surface area (TPSA) is 110 Å². The van der Waals surface area contributed by atoms with E-state index >= 15 is 0 Å². The van der Waals surface area contributed by atoms with Crippen LogP contribution in [0, 0.1) is 0 Å². The van der Waals surface area contributed by atoms with Crippen molar-refractivity contribution in [2.24, 2.45) is 0 Å². The number of β-lactam (4-membered cyclic amide) rings is 1. The summed E-state index contributed by atoms with van der Waals surface area (Å²) in [5.41, 5.74) is -7.21. The SMILES string of the molecule is CC(=O)N(c1ccccc1)C1C(=O)N2CC(OS(=O)(=O)C(F)(F)F)(C(=O)OC(c3ccccc3)c3ccccc3)CS[C@H]12. The average molecular weight is 635 g/mol. The van der Waals surface area contributed by atoms with Gasteiger partial charge in [-0.3, -0.25) is 14.5 Å². The summed E-state index contributed by atoms with van der Waals surface area (Å²) < 4.78 is 75.5. The molecule has 43 heavy (non-hydrogen) atoms. The molecule has 2 saturated heterocycles. The van der Waals surface area contributed by atoms with Gasteiger partial charge in [0, 0.05) is 18.4 Å². The van der Waals surface area contributed by atoms with Gasteiger partial charge in [0.1, 0.15) is 11.4 Å². The quantitative estimate of drug-likeness (QED) is 0.157. The van der Waals surface area contributed by atoms with Gasteiger partial charge in [-0.1, -0.05) is 78.9 Å². The van der Waals surface area contributed by atoms with E-state index in [4.69, 9.17) is 4.74 Å². The zero-order chi connectivity index (χ0) is 31.0. The number of anilines is 1. The molecule has 3 aromatic rings. The second-order valence-corrected chi connectivity index (χ2v) is 12.6. The number of benzene rings is 3. The molecule has 0 bridgehead atoms. The molecule has 0 spiro atoms. The Balaban J connectivity index is 1.48. The lowest BCUT2D eigenvalue weighted by Crippen LogP contribution is -2.76. The minimum Gasteiger partial charge on any atom is -0.450 e. The van der Waals surface area contributed by atoms with Crippen LogP contribution in [0.5, 0.6) is 0 Å². The minimum absolute atomic E-state index is 0.425. The Morgan fingerprint density at radius 2 is 1.47 bits per heavy atom. The summed E-state index contributed by atoms with van der Waals surface area (Å²) in [5.74, 6) is -3.15. The minimum atomic E-state index is -6.30. The molecule has 3 atom stereocenters. The molecule has 9 nitrogen and oxygen atoms in total. The van der Waals surface area contributed by atoms with Crippen LogP contribution in [-0.2, 0) is 33.4 Å². The van der Waals surface area contributed by atoms with Crippen molar-refractivity contribution in [3.8, 4) is 0 Å². The molecule has 0 aromatic heterocycles. The number of hydrogen-bond donors (Lipinski definition) is 0. The van der Waals surface area contributed by atoms with Crippen LogP contribution in [0.15, 0.2) is 91.0 Å². The number of rotatable bonds is 8. The predicted octanol–water partition coefficient (Wildman–Crippen LogP) is 4.26. The molecule has 0 aliphatic carbocycles. The number of hydrogen-bond acceptors (Lipinski definition) is 8. The zero-order valence-electron chi connectivity index (χ0n) is 22.5. The molecule has 2 aliphatic heterocycles. The molecule has 2 unspecified atom stereocenters. The van der Waals surface area contributed by atoms with Gasteiger partial charge in [-0.15, -0.1) is 11.8 Å². The number of fused-ring (bicyclic) bond motifs is 1. The Bertz CT molecular complexity index is 1570. The summed E-state index contributed by atoms with van der Waals surface area (Å²) in [4.78, 5) is 42.1. The van der Waals surface area contributed by atoms with E-state index in [0.717, 1.165) is 16.7 Å². The first-order chi connectivity index (χ1) is 20.3. The number of thioether (sulfide) groups is 1. The number of carbonyl (C=O) groups excluding carboxylic acids is 3. The molecule has 2 aliphatic rings. The van der Waals surface area contributed by atoms with Gasteiger partial charge in [0.15, 0.2) is 6.10 Å². The van der Waals surface area contributed by atoms with Gasteiger partial charge >= 0.3 is 21.6 Å².